The van der Waals surface area contributed by atoms with E-state index in [0.29, 0.717) is 17.4 Å². The van der Waals surface area contributed by atoms with Gasteiger partial charge < -0.3 is 15.1 Å². The highest BCUT2D eigenvalue weighted by atomic mass is 16.2. The number of aryl methyl sites for hydroxylation is 1. The summed E-state index contributed by atoms with van der Waals surface area (Å²) in [5.74, 6) is 0.537. The van der Waals surface area contributed by atoms with E-state index in [1.165, 1.54) is 0 Å². The molecule has 1 saturated heterocycles. The molecule has 2 fully saturated rings. The van der Waals surface area contributed by atoms with Crippen molar-refractivity contribution in [2.75, 3.05) is 36.4 Å². The van der Waals surface area contributed by atoms with E-state index < -0.39 is 0 Å². The van der Waals surface area contributed by atoms with Crippen LogP contribution in [0.25, 0.3) is 0 Å². The van der Waals surface area contributed by atoms with Crippen LogP contribution in [0.2, 0.25) is 0 Å². The van der Waals surface area contributed by atoms with E-state index in [9.17, 15) is 9.59 Å². The van der Waals surface area contributed by atoms with E-state index in [2.05, 4.69) is 10.2 Å². The molecule has 1 heterocycles. The van der Waals surface area contributed by atoms with Crippen LogP contribution in [0.4, 0.5) is 11.4 Å². The molecule has 0 aromatic heterocycles. The number of nitrogens with zero attached hydrogens (tertiary/aromatic N) is 2. The molecule has 27 heavy (non-hydrogen) atoms. The molecule has 4 rings (SSSR count). The van der Waals surface area contributed by atoms with Crippen LogP contribution in [-0.2, 0) is 4.79 Å². The predicted octanol–water partition coefficient (Wildman–Crippen LogP) is 3.31. The fraction of sp³-hybridized carbons (Fsp3) is 0.364. The minimum Gasteiger partial charge on any atom is -0.368 e. The zero-order valence-corrected chi connectivity index (χ0v) is 15.6. The molecule has 0 radical (unpaired) electrons. The van der Waals surface area contributed by atoms with Gasteiger partial charge in [0.15, 0.2) is 0 Å². The zero-order valence-electron chi connectivity index (χ0n) is 15.6. The van der Waals surface area contributed by atoms with Gasteiger partial charge >= 0.3 is 0 Å². The number of nitrogens with one attached hydrogen (secondary N) is 1. The van der Waals surface area contributed by atoms with Crippen molar-refractivity contribution in [2.45, 2.75) is 19.8 Å². The Hall–Kier alpha value is -2.82. The maximum absolute atomic E-state index is 12.4. The summed E-state index contributed by atoms with van der Waals surface area (Å²) in [5.41, 5.74) is 3.64. The van der Waals surface area contributed by atoms with Gasteiger partial charge in [0, 0.05) is 49.0 Å². The highest BCUT2D eigenvalue weighted by Crippen LogP contribution is 2.31. The van der Waals surface area contributed by atoms with Gasteiger partial charge in [-0.15, -0.1) is 0 Å². The van der Waals surface area contributed by atoms with Gasteiger partial charge in [-0.1, -0.05) is 17.7 Å². The Balaban J connectivity index is 1.34. The molecule has 0 unspecified atom stereocenters. The normalized spacial score (nSPS) is 16.9. The Morgan fingerprint density at radius 1 is 0.963 bits per heavy atom. The van der Waals surface area contributed by atoms with Crippen molar-refractivity contribution in [1.82, 2.24) is 4.90 Å². The molecule has 2 aromatic carbocycles. The average molecular weight is 363 g/mol. The lowest BCUT2D eigenvalue weighted by molar-refractivity contribution is -0.132. The third-order valence-electron chi connectivity index (χ3n) is 5.29. The fourth-order valence-corrected chi connectivity index (χ4v) is 3.52. The van der Waals surface area contributed by atoms with Gasteiger partial charge in [0.25, 0.3) is 5.91 Å². The number of hydrogen-bond acceptors (Lipinski definition) is 3. The number of amides is 2. The molecule has 1 aliphatic heterocycles. The van der Waals surface area contributed by atoms with E-state index in [4.69, 9.17) is 0 Å². The molecule has 2 aliphatic rings. The molecule has 5 heteroatoms. The van der Waals surface area contributed by atoms with Crippen molar-refractivity contribution in [1.29, 1.82) is 0 Å². The van der Waals surface area contributed by atoms with Crippen molar-refractivity contribution in [3.63, 3.8) is 0 Å². The maximum Gasteiger partial charge on any atom is 0.255 e. The van der Waals surface area contributed by atoms with Crippen molar-refractivity contribution in [2.24, 2.45) is 5.92 Å². The van der Waals surface area contributed by atoms with Gasteiger partial charge in [-0.05, 0) is 56.2 Å². The minimum absolute atomic E-state index is 0.0985. The fourth-order valence-electron chi connectivity index (χ4n) is 3.52. The summed E-state index contributed by atoms with van der Waals surface area (Å²) in [7, 11) is 0. The Morgan fingerprint density at radius 3 is 2.30 bits per heavy atom. The first kappa shape index (κ1) is 17.6. The molecule has 1 N–H and O–H groups in total. The Labute approximate surface area is 160 Å². The third-order valence-corrected chi connectivity index (χ3v) is 5.29. The Bertz CT molecular complexity index is 835. The Kier molecular flexibility index (Phi) is 4.84. The number of anilines is 2. The van der Waals surface area contributed by atoms with Gasteiger partial charge in [-0.25, -0.2) is 0 Å². The van der Waals surface area contributed by atoms with E-state index in [0.717, 1.165) is 56.0 Å². The molecule has 0 bridgehead atoms. The average Bonchev–Trinajstić information content (AvgIpc) is 3.53. The van der Waals surface area contributed by atoms with Gasteiger partial charge in [0.1, 0.15) is 0 Å². The second-order valence-electron chi connectivity index (χ2n) is 7.46. The largest absolute Gasteiger partial charge is 0.368 e. The van der Waals surface area contributed by atoms with Gasteiger partial charge in [-0.2, -0.15) is 0 Å². The molecule has 1 aliphatic carbocycles. The molecule has 140 valence electrons. The molecule has 0 atom stereocenters. The predicted molar refractivity (Wildman–Crippen MR) is 107 cm³/mol. The summed E-state index contributed by atoms with van der Waals surface area (Å²) in [5, 5.41) is 2.95. The number of rotatable bonds is 4. The number of benzene rings is 2. The number of carbonyl (C=O) groups excluding carboxylic acids is 2. The second kappa shape index (κ2) is 7.43. The summed E-state index contributed by atoms with van der Waals surface area (Å²) in [6, 6.07) is 15.5. The molecule has 1 saturated carbocycles. The summed E-state index contributed by atoms with van der Waals surface area (Å²) in [6.45, 7) is 5.27. The highest BCUT2D eigenvalue weighted by Gasteiger charge is 2.34. The summed E-state index contributed by atoms with van der Waals surface area (Å²) >= 11 is 0. The monoisotopic (exact) mass is 363 g/mol. The van der Waals surface area contributed by atoms with E-state index >= 15 is 0 Å². The van der Waals surface area contributed by atoms with Crippen LogP contribution >= 0.6 is 0 Å². The van der Waals surface area contributed by atoms with Crippen molar-refractivity contribution in [3.05, 3.63) is 59.7 Å². The van der Waals surface area contributed by atoms with Crippen molar-refractivity contribution in [3.8, 4) is 0 Å². The lowest BCUT2D eigenvalue weighted by Gasteiger charge is -2.36. The number of carbonyl (C=O) groups is 2. The molecule has 5 nitrogen and oxygen atoms in total. The lowest BCUT2D eigenvalue weighted by Crippen LogP contribution is -2.49. The maximum atomic E-state index is 12.4. The van der Waals surface area contributed by atoms with Crippen LogP contribution in [0.3, 0.4) is 0 Å². The van der Waals surface area contributed by atoms with E-state index in [1.54, 1.807) is 0 Å². The quantitative estimate of drug-likeness (QED) is 0.907. The first-order valence-electron chi connectivity index (χ1n) is 9.62. The van der Waals surface area contributed by atoms with Gasteiger partial charge in [-0.3, -0.25) is 9.59 Å². The molecule has 2 amide bonds. The molecule has 0 spiro atoms. The van der Waals surface area contributed by atoms with Gasteiger partial charge in [0.2, 0.25) is 5.91 Å². The smallest absolute Gasteiger partial charge is 0.255 e. The van der Waals surface area contributed by atoms with Crippen LogP contribution in [0.1, 0.15) is 28.8 Å². The Morgan fingerprint density at radius 2 is 1.67 bits per heavy atom. The first-order chi connectivity index (χ1) is 13.1. The lowest BCUT2D eigenvalue weighted by atomic mass is 10.1. The summed E-state index contributed by atoms with van der Waals surface area (Å²) < 4.78 is 0. The van der Waals surface area contributed by atoms with Crippen LogP contribution in [0.5, 0.6) is 0 Å². The second-order valence-corrected chi connectivity index (χ2v) is 7.46. The first-order valence-corrected chi connectivity index (χ1v) is 9.62. The summed E-state index contributed by atoms with van der Waals surface area (Å²) in [4.78, 5) is 28.8. The molecular weight excluding hydrogens is 338 g/mol. The van der Waals surface area contributed by atoms with Crippen molar-refractivity contribution < 1.29 is 9.59 Å². The zero-order chi connectivity index (χ0) is 18.8. The molecule has 2 aromatic rings. The van der Waals surface area contributed by atoms with Crippen LogP contribution in [0, 0.1) is 12.8 Å². The van der Waals surface area contributed by atoms with E-state index in [1.807, 2.05) is 60.4 Å². The van der Waals surface area contributed by atoms with Crippen LogP contribution in [-0.4, -0.2) is 42.9 Å². The standard InChI is InChI=1S/C22H25N3O2/c1-16-3-2-4-18(15-16)21(26)23-19-7-9-20(10-8-19)24-11-13-25(14-12-24)22(27)17-5-6-17/h2-4,7-10,15,17H,5-6,11-14H2,1H3,(H,23,26). The molecular formula is C22H25N3O2. The van der Waals surface area contributed by atoms with E-state index in [-0.39, 0.29) is 5.91 Å². The summed E-state index contributed by atoms with van der Waals surface area (Å²) in [6.07, 6.45) is 2.13. The SMILES string of the molecule is Cc1cccc(C(=O)Nc2ccc(N3CCN(C(=O)C4CC4)CC3)cc2)c1. The topological polar surface area (TPSA) is 52.7 Å². The minimum atomic E-state index is -0.0985. The van der Waals surface area contributed by atoms with Crippen molar-refractivity contribution >= 4 is 23.2 Å². The number of hydrogen-bond donors (Lipinski definition) is 1. The van der Waals surface area contributed by atoms with Crippen LogP contribution in [0.15, 0.2) is 48.5 Å². The number of piperazine rings is 1. The highest BCUT2D eigenvalue weighted by molar-refractivity contribution is 6.04. The van der Waals surface area contributed by atoms with Gasteiger partial charge in [0.05, 0.1) is 0 Å². The third kappa shape index (κ3) is 4.13. The van der Waals surface area contributed by atoms with Crippen LogP contribution < -0.4 is 10.2 Å².